The molecule has 1 aromatic carbocycles. The summed E-state index contributed by atoms with van der Waals surface area (Å²) in [4.78, 5) is 24.1. The number of nitrogens with zero attached hydrogens (tertiary/aromatic N) is 1. The van der Waals surface area contributed by atoms with E-state index >= 15 is 0 Å². The number of carbonyl (C=O) groups is 2. The molecule has 8 heteroatoms. The zero-order chi connectivity index (χ0) is 18.4. The molecule has 1 aliphatic rings. The van der Waals surface area contributed by atoms with Crippen LogP contribution in [0.15, 0.2) is 12.1 Å². The van der Waals surface area contributed by atoms with Gasteiger partial charge in [-0.15, -0.1) is 0 Å². The van der Waals surface area contributed by atoms with Crippen molar-refractivity contribution in [3.63, 3.8) is 0 Å². The Balaban J connectivity index is 1.99. The Kier molecular flexibility index (Phi) is 6.10. The monoisotopic (exact) mass is 366 g/mol. The largest absolute Gasteiger partial charge is 0.493 e. The van der Waals surface area contributed by atoms with Gasteiger partial charge < -0.3 is 19.5 Å². The van der Waals surface area contributed by atoms with Crippen LogP contribution in [-0.2, 0) is 9.53 Å². The van der Waals surface area contributed by atoms with Crippen molar-refractivity contribution in [2.75, 3.05) is 20.8 Å². The molecule has 0 saturated heterocycles. The molecule has 2 rings (SSSR count). The minimum Gasteiger partial charge on any atom is -0.493 e. The van der Waals surface area contributed by atoms with Crippen molar-refractivity contribution in [2.45, 2.75) is 31.2 Å². The molecule has 1 N–H and O–H groups in total. The molecule has 1 aliphatic carbocycles. The number of hydrogen-bond donors (Lipinski definition) is 1. The third-order valence-corrected chi connectivity index (χ3v) is 4.33. The number of halogens is 1. The molecular formula is C17H19ClN2O5. The molecule has 0 spiro atoms. The van der Waals surface area contributed by atoms with Crippen LogP contribution in [-0.4, -0.2) is 38.2 Å². The molecule has 25 heavy (non-hydrogen) atoms. The second kappa shape index (κ2) is 8.08. The van der Waals surface area contributed by atoms with E-state index in [0.717, 1.165) is 12.8 Å². The van der Waals surface area contributed by atoms with E-state index < -0.39 is 24.0 Å². The summed E-state index contributed by atoms with van der Waals surface area (Å²) in [5.74, 6) is -0.657. The highest BCUT2D eigenvalue weighted by Gasteiger charge is 2.35. The molecular weight excluding hydrogens is 348 g/mol. The summed E-state index contributed by atoms with van der Waals surface area (Å²) in [5.41, 5.74) is -0.720. The van der Waals surface area contributed by atoms with Crippen LogP contribution in [0.4, 0.5) is 0 Å². The lowest BCUT2D eigenvalue weighted by Gasteiger charge is -2.21. The Labute approximate surface area is 150 Å². The highest BCUT2D eigenvalue weighted by atomic mass is 35.5. The Morgan fingerprint density at radius 3 is 2.52 bits per heavy atom. The maximum absolute atomic E-state index is 12.1. The van der Waals surface area contributed by atoms with Gasteiger partial charge in [0.2, 0.25) is 0 Å². The summed E-state index contributed by atoms with van der Waals surface area (Å²) in [7, 11) is 2.85. The normalized spacial score (nSPS) is 15.1. The quantitative estimate of drug-likeness (QED) is 0.776. The van der Waals surface area contributed by atoms with Gasteiger partial charge in [-0.25, -0.2) is 4.79 Å². The number of benzene rings is 1. The van der Waals surface area contributed by atoms with Crippen LogP contribution in [0.25, 0.3) is 0 Å². The lowest BCUT2D eigenvalue weighted by molar-refractivity contribution is -0.125. The van der Waals surface area contributed by atoms with Gasteiger partial charge in [0, 0.05) is 0 Å². The van der Waals surface area contributed by atoms with Crippen LogP contribution in [0.3, 0.4) is 0 Å². The average Bonchev–Trinajstić information content (AvgIpc) is 3.07. The van der Waals surface area contributed by atoms with Crippen LogP contribution in [0.1, 0.15) is 36.0 Å². The van der Waals surface area contributed by atoms with Gasteiger partial charge in [0.15, 0.2) is 18.1 Å². The first-order chi connectivity index (χ1) is 11.9. The molecule has 1 fully saturated rings. The van der Waals surface area contributed by atoms with Gasteiger partial charge in [0.05, 0.1) is 30.9 Å². The molecule has 134 valence electrons. The Morgan fingerprint density at radius 1 is 1.28 bits per heavy atom. The molecule has 0 aromatic heterocycles. The number of nitriles is 1. The third kappa shape index (κ3) is 4.34. The van der Waals surface area contributed by atoms with E-state index in [-0.39, 0.29) is 16.3 Å². The van der Waals surface area contributed by atoms with Crippen LogP contribution in [0.2, 0.25) is 5.02 Å². The number of methoxy groups -OCH3 is 2. The minimum absolute atomic E-state index is 0.131. The van der Waals surface area contributed by atoms with Crippen molar-refractivity contribution in [3.8, 4) is 17.6 Å². The standard InChI is InChI=1S/C17H19ClN2O5/c1-23-13-8-11(7-12(18)15(13)24-2)16(22)25-9-14(21)20-17(10-19)5-3-4-6-17/h7-8H,3-6,9H2,1-2H3,(H,20,21). The first kappa shape index (κ1) is 18.9. The molecule has 0 atom stereocenters. The molecule has 0 unspecified atom stereocenters. The first-order valence-electron chi connectivity index (χ1n) is 7.75. The minimum atomic E-state index is -0.851. The van der Waals surface area contributed by atoms with Gasteiger partial charge in [-0.05, 0) is 37.8 Å². The predicted octanol–water partition coefficient (Wildman–Crippen LogP) is 2.47. The van der Waals surface area contributed by atoms with Crippen LogP contribution in [0, 0.1) is 11.3 Å². The van der Waals surface area contributed by atoms with Crippen molar-refractivity contribution in [1.82, 2.24) is 5.32 Å². The van der Waals surface area contributed by atoms with Crippen LogP contribution >= 0.6 is 11.6 Å². The van der Waals surface area contributed by atoms with E-state index in [1.165, 1.54) is 26.4 Å². The van der Waals surface area contributed by atoms with Gasteiger partial charge in [0.25, 0.3) is 5.91 Å². The molecule has 0 bridgehead atoms. The fraction of sp³-hybridized carbons (Fsp3) is 0.471. The maximum atomic E-state index is 12.1. The van der Waals surface area contributed by atoms with Gasteiger partial charge in [-0.2, -0.15) is 5.26 Å². The highest BCUT2D eigenvalue weighted by Crippen LogP contribution is 2.36. The summed E-state index contributed by atoms with van der Waals surface area (Å²) in [5, 5.41) is 12.1. The maximum Gasteiger partial charge on any atom is 0.338 e. The second-order valence-electron chi connectivity index (χ2n) is 5.72. The molecule has 1 amide bonds. The number of nitrogens with one attached hydrogen (secondary N) is 1. The summed E-state index contributed by atoms with van der Waals surface area (Å²) in [6.07, 6.45) is 2.98. The van der Waals surface area contributed by atoms with Crippen molar-refractivity contribution < 1.29 is 23.8 Å². The third-order valence-electron chi connectivity index (χ3n) is 4.05. The highest BCUT2D eigenvalue weighted by molar-refractivity contribution is 6.32. The smallest absolute Gasteiger partial charge is 0.338 e. The molecule has 7 nitrogen and oxygen atoms in total. The summed E-state index contributed by atoms with van der Waals surface area (Å²) >= 11 is 6.04. The molecule has 1 saturated carbocycles. The fourth-order valence-corrected chi connectivity index (χ4v) is 3.08. The summed E-state index contributed by atoms with van der Waals surface area (Å²) in [6.45, 7) is -0.478. The second-order valence-corrected chi connectivity index (χ2v) is 6.13. The van der Waals surface area contributed by atoms with E-state index in [1.807, 2.05) is 0 Å². The van der Waals surface area contributed by atoms with E-state index in [2.05, 4.69) is 11.4 Å². The Hall–Kier alpha value is -2.46. The van der Waals surface area contributed by atoms with E-state index in [9.17, 15) is 14.9 Å². The van der Waals surface area contributed by atoms with Crippen LogP contribution in [0.5, 0.6) is 11.5 Å². The SMILES string of the molecule is COc1cc(C(=O)OCC(=O)NC2(C#N)CCCC2)cc(Cl)c1OC. The zero-order valence-corrected chi connectivity index (χ0v) is 14.8. The predicted molar refractivity (Wildman–Crippen MR) is 89.8 cm³/mol. The number of carbonyl (C=O) groups excluding carboxylic acids is 2. The van der Waals surface area contributed by atoms with Gasteiger partial charge in [0.1, 0.15) is 5.54 Å². The van der Waals surface area contributed by atoms with E-state index in [0.29, 0.717) is 18.6 Å². The summed E-state index contributed by atoms with van der Waals surface area (Å²) < 4.78 is 15.2. The lowest BCUT2D eigenvalue weighted by atomic mass is 10.00. The van der Waals surface area contributed by atoms with Crippen LogP contribution < -0.4 is 14.8 Å². The topological polar surface area (TPSA) is 97.6 Å². The fourth-order valence-electron chi connectivity index (χ4n) is 2.80. The molecule has 0 heterocycles. The molecule has 1 aromatic rings. The average molecular weight is 367 g/mol. The first-order valence-corrected chi connectivity index (χ1v) is 8.13. The van der Waals surface area contributed by atoms with Crippen molar-refractivity contribution in [2.24, 2.45) is 0 Å². The molecule has 0 aliphatic heterocycles. The number of rotatable bonds is 6. The number of esters is 1. The van der Waals surface area contributed by atoms with Crippen molar-refractivity contribution >= 4 is 23.5 Å². The number of ether oxygens (including phenoxy) is 3. The van der Waals surface area contributed by atoms with Crippen molar-refractivity contribution in [3.05, 3.63) is 22.7 Å². The van der Waals surface area contributed by atoms with E-state index in [1.54, 1.807) is 0 Å². The summed E-state index contributed by atoms with van der Waals surface area (Å²) in [6, 6.07) is 4.93. The van der Waals surface area contributed by atoms with Crippen molar-refractivity contribution in [1.29, 1.82) is 5.26 Å². The van der Waals surface area contributed by atoms with Gasteiger partial charge in [-0.3, -0.25) is 4.79 Å². The van der Waals surface area contributed by atoms with Gasteiger partial charge in [-0.1, -0.05) is 11.6 Å². The molecule has 0 radical (unpaired) electrons. The number of hydrogen-bond acceptors (Lipinski definition) is 6. The lowest BCUT2D eigenvalue weighted by Crippen LogP contribution is -2.46. The Bertz CT molecular complexity index is 708. The Morgan fingerprint density at radius 2 is 1.96 bits per heavy atom. The zero-order valence-electron chi connectivity index (χ0n) is 14.1. The van der Waals surface area contributed by atoms with Gasteiger partial charge >= 0.3 is 5.97 Å². The number of amides is 1. The van der Waals surface area contributed by atoms with E-state index in [4.69, 9.17) is 25.8 Å².